The Morgan fingerprint density at radius 1 is 1.26 bits per heavy atom. The van der Waals surface area contributed by atoms with Crippen molar-refractivity contribution in [3.05, 3.63) is 24.3 Å². The molecule has 0 aromatic heterocycles. The van der Waals surface area contributed by atoms with E-state index in [9.17, 15) is 19.5 Å². The van der Waals surface area contributed by atoms with Gasteiger partial charge in [-0.3, -0.25) is 19.3 Å². The highest BCUT2D eigenvalue weighted by molar-refractivity contribution is 8.02. The van der Waals surface area contributed by atoms with Gasteiger partial charge >= 0.3 is 5.97 Å². The minimum atomic E-state index is -0.963. The number of carboxylic acids is 1. The molecule has 1 saturated heterocycles. The zero-order chi connectivity index (χ0) is 16.2. The van der Waals surface area contributed by atoms with Gasteiger partial charge < -0.3 is 10.4 Å². The molecule has 4 rings (SSSR count). The summed E-state index contributed by atoms with van der Waals surface area (Å²) in [5, 5.41) is 12.0. The summed E-state index contributed by atoms with van der Waals surface area (Å²) < 4.78 is 0. The van der Waals surface area contributed by atoms with E-state index in [2.05, 4.69) is 5.32 Å². The Morgan fingerprint density at radius 2 is 2.00 bits per heavy atom. The molecule has 2 N–H and O–H groups in total. The molecule has 0 spiro atoms. The third-order valence-electron chi connectivity index (χ3n) is 4.92. The molecule has 6 nitrogen and oxygen atoms in total. The maximum absolute atomic E-state index is 12.8. The predicted octanol–water partition coefficient (Wildman–Crippen LogP) is 1.60. The molecule has 1 aromatic rings. The highest BCUT2D eigenvalue weighted by Crippen LogP contribution is 2.56. The number of hydrogen-bond acceptors (Lipinski definition) is 4. The molecular formula is C16H16N2O4S. The molecule has 1 atom stereocenters. The highest BCUT2D eigenvalue weighted by Gasteiger charge is 2.58. The predicted molar refractivity (Wildman–Crippen MR) is 84.1 cm³/mol. The van der Waals surface area contributed by atoms with Gasteiger partial charge in [0.2, 0.25) is 5.91 Å². The monoisotopic (exact) mass is 332 g/mol. The summed E-state index contributed by atoms with van der Waals surface area (Å²) in [5.41, 5.74) is -0.0370. The van der Waals surface area contributed by atoms with Gasteiger partial charge in [0.1, 0.15) is 0 Å². The normalized spacial score (nSPS) is 26.6. The summed E-state index contributed by atoms with van der Waals surface area (Å²) >= 11 is 1.39. The van der Waals surface area contributed by atoms with Crippen LogP contribution in [0.2, 0.25) is 0 Å². The number of para-hydroxylation sites is 1. The molecule has 2 fully saturated rings. The Kier molecular flexibility index (Phi) is 3.00. The number of benzene rings is 1. The molecule has 2 heterocycles. The number of carboxylic acid groups (broad SMARTS) is 1. The van der Waals surface area contributed by atoms with E-state index in [4.69, 9.17) is 0 Å². The van der Waals surface area contributed by atoms with Crippen LogP contribution < -0.4 is 10.2 Å². The van der Waals surface area contributed by atoms with Crippen LogP contribution >= 0.6 is 11.8 Å². The lowest BCUT2D eigenvalue weighted by Gasteiger charge is -2.30. The molecule has 1 unspecified atom stereocenters. The number of carbonyl (C=O) groups is 3. The molecule has 0 radical (unpaired) electrons. The van der Waals surface area contributed by atoms with E-state index in [0.717, 1.165) is 10.6 Å². The first-order valence-corrected chi connectivity index (χ1v) is 8.43. The first kappa shape index (κ1) is 14.6. The smallest absolute Gasteiger partial charge is 0.311 e. The Bertz CT molecular complexity index is 731. The molecule has 23 heavy (non-hydrogen) atoms. The van der Waals surface area contributed by atoms with E-state index in [0.29, 0.717) is 25.7 Å². The SMILES string of the molecule is O=C1CCC2(C(=O)NCC3(C(=O)O)CC3)Sc3ccccc3N12. The van der Waals surface area contributed by atoms with Gasteiger partial charge in [-0.05, 0) is 31.4 Å². The molecule has 0 bridgehead atoms. The highest BCUT2D eigenvalue weighted by atomic mass is 32.2. The van der Waals surface area contributed by atoms with Crippen molar-refractivity contribution in [3.63, 3.8) is 0 Å². The molecule has 2 amide bonds. The van der Waals surface area contributed by atoms with Crippen LogP contribution in [0.15, 0.2) is 29.2 Å². The molecule has 7 heteroatoms. The first-order valence-electron chi connectivity index (χ1n) is 7.61. The number of nitrogens with zero attached hydrogens (tertiary/aromatic N) is 1. The van der Waals surface area contributed by atoms with Crippen LogP contribution in [0.3, 0.4) is 0 Å². The van der Waals surface area contributed by atoms with E-state index in [1.165, 1.54) is 11.8 Å². The fraction of sp³-hybridized carbons (Fsp3) is 0.438. The Hall–Kier alpha value is -2.02. The summed E-state index contributed by atoms with van der Waals surface area (Å²) in [6.45, 7) is 0.127. The third-order valence-corrected chi connectivity index (χ3v) is 6.40. The standard InChI is InChI=1S/C16H16N2O4S/c19-12-5-6-16(13(20)17-9-15(7-8-15)14(21)22)18(12)10-3-1-2-4-11(10)23-16/h1-4H,5-9H2,(H,17,20)(H,21,22). The van der Waals surface area contributed by atoms with Crippen LogP contribution in [0.25, 0.3) is 0 Å². The van der Waals surface area contributed by atoms with Gasteiger partial charge in [0.15, 0.2) is 4.87 Å². The first-order chi connectivity index (χ1) is 11.0. The number of carbonyl (C=O) groups excluding carboxylic acids is 2. The quantitative estimate of drug-likeness (QED) is 0.874. The van der Waals surface area contributed by atoms with Gasteiger partial charge in [-0.1, -0.05) is 23.9 Å². The van der Waals surface area contributed by atoms with Gasteiger partial charge in [-0.25, -0.2) is 0 Å². The summed E-state index contributed by atoms with van der Waals surface area (Å²) in [5.74, 6) is -1.19. The molecule has 1 saturated carbocycles. The maximum Gasteiger partial charge on any atom is 0.311 e. The summed E-state index contributed by atoms with van der Waals surface area (Å²) in [7, 11) is 0. The van der Waals surface area contributed by atoms with Gasteiger partial charge in [0, 0.05) is 17.9 Å². The van der Waals surface area contributed by atoms with Crippen molar-refractivity contribution in [1.82, 2.24) is 5.32 Å². The van der Waals surface area contributed by atoms with E-state index >= 15 is 0 Å². The van der Waals surface area contributed by atoms with E-state index < -0.39 is 16.3 Å². The van der Waals surface area contributed by atoms with Crippen molar-refractivity contribution in [2.24, 2.45) is 5.41 Å². The van der Waals surface area contributed by atoms with Crippen molar-refractivity contribution in [1.29, 1.82) is 0 Å². The number of anilines is 1. The number of nitrogens with one attached hydrogen (secondary N) is 1. The average Bonchev–Trinajstić information content (AvgIpc) is 3.15. The van der Waals surface area contributed by atoms with Gasteiger partial charge in [0.25, 0.3) is 5.91 Å². The Morgan fingerprint density at radius 3 is 2.70 bits per heavy atom. The lowest BCUT2D eigenvalue weighted by molar-refractivity contribution is -0.143. The molecular weight excluding hydrogens is 316 g/mol. The lowest BCUT2D eigenvalue weighted by Crippen LogP contribution is -2.53. The minimum Gasteiger partial charge on any atom is -0.481 e. The molecule has 3 aliphatic rings. The molecule has 2 aliphatic heterocycles. The van der Waals surface area contributed by atoms with Crippen molar-refractivity contribution >= 4 is 35.2 Å². The topological polar surface area (TPSA) is 86.7 Å². The second-order valence-electron chi connectivity index (χ2n) is 6.35. The number of fused-ring (bicyclic) bond motifs is 3. The van der Waals surface area contributed by atoms with E-state index in [1.54, 1.807) is 4.90 Å². The number of rotatable bonds is 4. The summed E-state index contributed by atoms with van der Waals surface area (Å²) in [6.07, 6.45) is 1.95. The number of thioether (sulfide) groups is 1. The Labute approximate surface area is 137 Å². The van der Waals surface area contributed by atoms with Crippen molar-refractivity contribution in [2.45, 2.75) is 35.4 Å². The van der Waals surface area contributed by atoms with Crippen LogP contribution in [0, 0.1) is 5.41 Å². The number of amides is 2. The zero-order valence-electron chi connectivity index (χ0n) is 12.4. The van der Waals surface area contributed by atoms with Crippen LogP contribution in [-0.4, -0.2) is 34.3 Å². The van der Waals surface area contributed by atoms with Crippen LogP contribution in [0.4, 0.5) is 5.69 Å². The number of aliphatic carboxylic acids is 1. The van der Waals surface area contributed by atoms with Gasteiger partial charge in [0.05, 0.1) is 11.1 Å². The van der Waals surface area contributed by atoms with Gasteiger partial charge in [-0.2, -0.15) is 0 Å². The van der Waals surface area contributed by atoms with Crippen molar-refractivity contribution in [3.8, 4) is 0 Å². The fourth-order valence-corrected chi connectivity index (χ4v) is 4.74. The maximum atomic E-state index is 12.8. The largest absolute Gasteiger partial charge is 0.481 e. The molecule has 1 aliphatic carbocycles. The van der Waals surface area contributed by atoms with Crippen molar-refractivity contribution in [2.75, 3.05) is 11.4 Å². The fourth-order valence-electron chi connectivity index (χ4n) is 3.30. The molecule has 1 aromatic carbocycles. The van der Waals surface area contributed by atoms with E-state index in [1.807, 2.05) is 24.3 Å². The second kappa shape index (κ2) is 4.74. The summed E-state index contributed by atoms with van der Waals surface area (Å²) in [4.78, 5) is 37.9. The third kappa shape index (κ3) is 1.99. The van der Waals surface area contributed by atoms with Crippen LogP contribution in [-0.2, 0) is 14.4 Å². The van der Waals surface area contributed by atoms with Crippen LogP contribution in [0.5, 0.6) is 0 Å². The van der Waals surface area contributed by atoms with Gasteiger partial charge in [-0.15, -0.1) is 0 Å². The molecule has 120 valence electrons. The average molecular weight is 332 g/mol. The lowest BCUT2D eigenvalue weighted by atomic mass is 10.1. The zero-order valence-corrected chi connectivity index (χ0v) is 13.2. The second-order valence-corrected chi connectivity index (χ2v) is 7.67. The number of hydrogen-bond donors (Lipinski definition) is 2. The van der Waals surface area contributed by atoms with Crippen molar-refractivity contribution < 1.29 is 19.5 Å². The van der Waals surface area contributed by atoms with Crippen LogP contribution in [0.1, 0.15) is 25.7 Å². The minimum absolute atomic E-state index is 0.0584. The van der Waals surface area contributed by atoms with E-state index in [-0.39, 0.29) is 18.4 Å². The summed E-state index contributed by atoms with van der Waals surface area (Å²) in [6, 6.07) is 7.48. The Balaban J connectivity index is 1.59.